The Hall–Kier alpha value is -2.04. The van der Waals surface area contributed by atoms with E-state index in [1.54, 1.807) is 0 Å². The normalized spacial score (nSPS) is 19.9. The topological polar surface area (TPSA) is 47.6 Å². The van der Waals surface area contributed by atoms with Gasteiger partial charge in [-0.3, -0.25) is 4.79 Å². The van der Waals surface area contributed by atoms with E-state index in [0.717, 1.165) is 17.7 Å². The largest absolute Gasteiger partial charge is 0.489 e. The highest BCUT2D eigenvalue weighted by atomic mass is 35.5. The Morgan fingerprint density at radius 1 is 1.25 bits per heavy atom. The van der Waals surface area contributed by atoms with Crippen molar-refractivity contribution < 1.29 is 14.3 Å². The number of carbonyl (C=O) groups excluding carboxylic acids is 1. The number of esters is 1. The summed E-state index contributed by atoms with van der Waals surface area (Å²) in [6.07, 6.45) is 1.28. The summed E-state index contributed by atoms with van der Waals surface area (Å²) in [7, 11) is 1.40. The number of methoxy groups -OCH3 is 1. The van der Waals surface area contributed by atoms with Gasteiger partial charge in [0, 0.05) is 24.4 Å². The van der Waals surface area contributed by atoms with Crippen molar-refractivity contribution in [2.24, 2.45) is 0 Å². The molecule has 2 atom stereocenters. The first-order valence-corrected chi connectivity index (χ1v) is 8.33. The molecule has 1 fully saturated rings. The maximum absolute atomic E-state index is 11.6. The SMILES string of the molecule is COC(=O)[C@@H]1CC(Oc2ccc(Cl)cc2Cc2ccccc2)CN1. The van der Waals surface area contributed by atoms with Gasteiger partial charge in [-0.2, -0.15) is 0 Å². The first kappa shape index (κ1) is 16.8. The molecule has 5 heteroatoms. The lowest BCUT2D eigenvalue weighted by atomic mass is 10.0. The monoisotopic (exact) mass is 345 g/mol. The van der Waals surface area contributed by atoms with E-state index in [9.17, 15) is 4.79 Å². The Bertz CT molecular complexity index is 705. The summed E-state index contributed by atoms with van der Waals surface area (Å²) in [6.45, 7) is 0.618. The van der Waals surface area contributed by atoms with Crippen LogP contribution in [0.4, 0.5) is 0 Å². The van der Waals surface area contributed by atoms with Crippen molar-refractivity contribution in [1.29, 1.82) is 0 Å². The van der Waals surface area contributed by atoms with Crippen molar-refractivity contribution in [3.8, 4) is 5.75 Å². The van der Waals surface area contributed by atoms with Crippen molar-refractivity contribution in [2.45, 2.75) is 25.0 Å². The second-order valence-corrected chi connectivity index (χ2v) is 6.31. The van der Waals surface area contributed by atoms with Gasteiger partial charge in [0.15, 0.2) is 0 Å². The van der Waals surface area contributed by atoms with Crippen LogP contribution in [0.1, 0.15) is 17.5 Å². The van der Waals surface area contributed by atoms with Crippen LogP contribution in [0.2, 0.25) is 5.02 Å². The zero-order valence-electron chi connectivity index (χ0n) is 13.5. The average Bonchev–Trinajstić information content (AvgIpc) is 3.06. The lowest BCUT2D eigenvalue weighted by Crippen LogP contribution is -2.31. The minimum Gasteiger partial charge on any atom is -0.489 e. The third-order valence-electron chi connectivity index (χ3n) is 4.13. The third-order valence-corrected chi connectivity index (χ3v) is 4.36. The predicted octanol–water partition coefficient (Wildman–Crippen LogP) is 3.21. The molecule has 1 heterocycles. The smallest absolute Gasteiger partial charge is 0.323 e. The molecule has 126 valence electrons. The number of benzene rings is 2. The van der Waals surface area contributed by atoms with Gasteiger partial charge >= 0.3 is 5.97 Å². The molecule has 0 radical (unpaired) electrons. The van der Waals surface area contributed by atoms with E-state index in [1.807, 2.05) is 36.4 Å². The van der Waals surface area contributed by atoms with Gasteiger partial charge in [-0.1, -0.05) is 41.9 Å². The zero-order chi connectivity index (χ0) is 16.9. The maximum atomic E-state index is 11.6. The second-order valence-electron chi connectivity index (χ2n) is 5.87. The van der Waals surface area contributed by atoms with Crippen LogP contribution in [0.15, 0.2) is 48.5 Å². The van der Waals surface area contributed by atoms with Crippen LogP contribution in [-0.4, -0.2) is 31.8 Å². The molecule has 2 aromatic rings. The lowest BCUT2D eigenvalue weighted by Gasteiger charge is -2.17. The highest BCUT2D eigenvalue weighted by Gasteiger charge is 2.31. The van der Waals surface area contributed by atoms with Crippen LogP contribution in [0, 0.1) is 0 Å². The summed E-state index contributed by atoms with van der Waals surface area (Å²) < 4.78 is 10.9. The van der Waals surface area contributed by atoms with Crippen molar-refractivity contribution in [3.05, 3.63) is 64.7 Å². The number of carbonyl (C=O) groups is 1. The molecule has 0 aromatic heterocycles. The number of halogens is 1. The molecule has 1 aliphatic rings. The van der Waals surface area contributed by atoms with E-state index < -0.39 is 0 Å². The van der Waals surface area contributed by atoms with Crippen molar-refractivity contribution in [3.63, 3.8) is 0 Å². The van der Waals surface area contributed by atoms with Gasteiger partial charge < -0.3 is 14.8 Å². The van der Waals surface area contributed by atoms with Crippen molar-refractivity contribution in [1.82, 2.24) is 5.32 Å². The quantitative estimate of drug-likeness (QED) is 0.845. The fourth-order valence-electron chi connectivity index (χ4n) is 2.91. The molecule has 1 N–H and O–H groups in total. The Morgan fingerprint density at radius 3 is 2.79 bits per heavy atom. The van der Waals surface area contributed by atoms with E-state index >= 15 is 0 Å². The van der Waals surface area contributed by atoms with Gasteiger partial charge in [-0.25, -0.2) is 0 Å². The summed E-state index contributed by atoms with van der Waals surface area (Å²) in [6, 6.07) is 15.5. The van der Waals surface area contributed by atoms with Gasteiger partial charge in [0.2, 0.25) is 0 Å². The summed E-state index contributed by atoms with van der Waals surface area (Å²) >= 11 is 6.15. The number of hydrogen-bond donors (Lipinski definition) is 1. The molecule has 0 bridgehead atoms. The molecule has 1 unspecified atom stereocenters. The Kier molecular flexibility index (Phi) is 5.38. The molecule has 24 heavy (non-hydrogen) atoms. The molecule has 0 saturated carbocycles. The van der Waals surface area contributed by atoms with Crippen LogP contribution in [0.3, 0.4) is 0 Å². The van der Waals surface area contributed by atoms with Gasteiger partial charge in [0.05, 0.1) is 7.11 Å². The lowest BCUT2D eigenvalue weighted by molar-refractivity contribution is -0.142. The Balaban J connectivity index is 1.73. The minimum atomic E-state index is -0.301. The zero-order valence-corrected chi connectivity index (χ0v) is 14.3. The molecule has 0 amide bonds. The Morgan fingerprint density at radius 2 is 2.04 bits per heavy atom. The molecule has 1 aliphatic heterocycles. The standard InChI is InChI=1S/C19H20ClNO3/c1-23-19(22)17-11-16(12-21-17)24-18-8-7-15(20)10-14(18)9-13-5-3-2-4-6-13/h2-8,10,16-17,21H,9,11-12H2,1H3/t16?,17-/m0/s1. The minimum absolute atomic E-state index is 0.0650. The number of hydrogen-bond acceptors (Lipinski definition) is 4. The van der Waals surface area contributed by atoms with E-state index in [1.165, 1.54) is 12.7 Å². The van der Waals surface area contributed by atoms with E-state index in [0.29, 0.717) is 18.0 Å². The maximum Gasteiger partial charge on any atom is 0.323 e. The van der Waals surface area contributed by atoms with Gasteiger partial charge in [-0.05, 0) is 29.3 Å². The number of rotatable bonds is 5. The molecule has 0 aliphatic carbocycles. The highest BCUT2D eigenvalue weighted by molar-refractivity contribution is 6.30. The fraction of sp³-hybridized carbons (Fsp3) is 0.316. The van der Waals surface area contributed by atoms with Gasteiger partial charge in [0.1, 0.15) is 17.9 Å². The molecule has 0 spiro atoms. The van der Waals surface area contributed by atoms with Crippen LogP contribution >= 0.6 is 11.6 Å². The Labute approximate surface area is 146 Å². The molecular weight excluding hydrogens is 326 g/mol. The van der Waals surface area contributed by atoms with Crippen molar-refractivity contribution in [2.75, 3.05) is 13.7 Å². The summed E-state index contributed by atoms with van der Waals surface area (Å²) in [5.74, 6) is 0.558. The number of nitrogens with one attached hydrogen (secondary N) is 1. The molecular formula is C19H20ClNO3. The fourth-order valence-corrected chi connectivity index (χ4v) is 3.11. The van der Waals surface area contributed by atoms with E-state index in [2.05, 4.69) is 17.4 Å². The first-order chi connectivity index (χ1) is 11.7. The average molecular weight is 346 g/mol. The van der Waals surface area contributed by atoms with Crippen molar-refractivity contribution >= 4 is 17.6 Å². The number of ether oxygens (including phenoxy) is 2. The first-order valence-electron chi connectivity index (χ1n) is 7.96. The van der Waals surface area contributed by atoms with Crippen LogP contribution in [0.5, 0.6) is 5.75 Å². The molecule has 4 nitrogen and oxygen atoms in total. The van der Waals surface area contributed by atoms with Gasteiger partial charge in [0.25, 0.3) is 0 Å². The summed E-state index contributed by atoms with van der Waals surface area (Å²) in [4.78, 5) is 11.6. The van der Waals surface area contributed by atoms with Gasteiger partial charge in [-0.15, -0.1) is 0 Å². The predicted molar refractivity (Wildman–Crippen MR) is 93.5 cm³/mol. The molecule has 2 aromatic carbocycles. The van der Waals surface area contributed by atoms with E-state index in [4.69, 9.17) is 21.1 Å². The molecule has 1 saturated heterocycles. The van der Waals surface area contributed by atoms with E-state index in [-0.39, 0.29) is 18.1 Å². The van der Waals surface area contributed by atoms with Crippen LogP contribution in [-0.2, 0) is 16.0 Å². The summed E-state index contributed by atoms with van der Waals surface area (Å²) in [5.41, 5.74) is 2.23. The van der Waals surface area contributed by atoms with Crippen LogP contribution in [0.25, 0.3) is 0 Å². The second kappa shape index (κ2) is 7.69. The molecule has 3 rings (SSSR count). The van der Waals surface area contributed by atoms with Crippen LogP contribution < -0.4 is 10.1 Å². The summed E-state index contributed by atoms with van der Waals surface area (Å²) in [5, 5.41) is 3.82. The highest BCUT2D eigenvalue weighted by Crippen LogP contribution is 2.28. The third kappa shape index (κ3) is 4.08.